The van der Waals surface area contributed by atoms with E-state index < -0.39 is 5.60 Å². The first-order valence-electron chi connectivity index (χ1n) is 8.39. The molecule has 2 aliphatic rings. The fraction of sp³-hybridized carbons (Fsp3) is 0.938. The Morgan fingerprint density at radius 2 is 2.05 bits per heavy atom. The topological polar surface area (TPSA) is 53.6 Å². The molecule has 0 aromatic rings. The largest absolute Gasteiger partial charge is 0.444 e. The van der Waals surface area contributed by atoms with Crippen molar-refractivity contribution in [3.63, 3.8) is 0 Å². The van der Waals surface area contributed by atoms with Crippen molar-refractivity contribution in [2.24, 2.45) is 0 Å². The summed E-state index contributed by atoms with van der Waals surface area (Å²) in [4.78, 5) is 14.2. The zero-order chi connectivity index (χ0) is 15.3. The maximum Gasteiger partial charge on any atom is 0.410 e. The zero-order valence-corrected chi connectivity index (χ0v) is 13.8. The minimum absolute atomic E-state index is 0.159. The van der Waals surface area contributed by atoms with E-state index in [0.717, 1.165) is 39.0 Å². The van der Waals surface area contributed by atoms with E-state index >= 15 is 0 Å². The second-order valence-electron chi connectivity index (χ2n) is 7.27. The van der Waals surface area contributed by atoms with Crippen LogP contribution in [0, 0.1) is 0 Å². The number of nitrogens with zero attached hydrogens (tertiary/aromatic N) is 1. The Morgan fingerprint density at radius 3 is 2.71 bits per heavy atom. The fourth-order valence-corrected chi connectivity index (χ4v) is 3.13. The van der Waals surface area contributed by atoms with E-state index in [1.807, 2.05) is 25.7 Å². The van der Waals surface area contributed by atoms with E-state index in [2.05, 4.69) is 10.6 Å². The van der Waals surface area contributed by atoms with Gasteiger partial charge in [0.2, 0.25) is 0 Å². The molecule has 122 valence electrons. The second kappa shape index (κ2) is 7.45. The number of ether oxygens (including phenoxy) is 1. The van der Waals surface area contributed by atoms with E-state index in [4.69, 9.17) is 4.74 Å². The van der Waals surface area contributed by atoms with Gasteiger partial charge in [0.15, 0.2) is 0 Å². The normalized spacial score (nSPS) is 26.9. The third kappa shape index (κ3) is 5.47. The molecule has 5 heteroatoms. The van der Waals surface area contributed by atoms with Gasteiger partial charge in [0.1, 0.15) is 5.60 Å². The SMILES string of the molecule is CC(C)(C)OC(=O)N1CCCCC1CNCC1CCCN1. The van der Waals surface area contributed by atoms with Gasteiger partial charge < -0.3 is 20.3 Å². The predicted molar refractivity (Wildman–Crippen MR) is 84.5 cm³/mol. The van der Waals surface area contributed by atoms with Crippen molar-refractivity contribution in [2.45, 2.75) is 70.6 Å². The van der Waals surface area contributed by atoms with Gasteiger partial charge in [-0.05, 0) is 59.4 Å². The summed E-state index contributed by atoms with van der Waals surface area (Å²) < 4.78 is 5.53. The van der Waals surface area contributed by atoms with Gasteiger partial charge in [-0.1, -0.05) is 0 Å². The molecule has 2 unspecified atom stereocenters. The van der Waals surface area contributed by atoms with Crippen LogP contribution in [-0.2, 0) is 4.74 Å². The lowest BCUT2D eigenvalue weighted by molar-refractivity contribution is 0.00994. The minimum Gasteiger partial charge on any atom is -0.444 e. The van der Waals surface area contributed by atoms with Crippen molar-refractivity contribution < 1.29 is 9.53 Å². The summed E-state index contributed by atoms with van der Waals surface area (Å²) in [6, 6.07) is 0.874. The summed E-state index contributed by atoms with van der Waals surface area (Å²) >= 11 is 0. The summed E-state index contributed by atoms with van der Waals surface area (Å²) in [6.45, 7) is 9.61. The van der Waals surface area contributed by atoms with Gasteiger partial charge in [-0.3, -0.25) is 0 Å². The molecule has 0 radical (unpaired) electrons. The van der Waals surface area contributed by atoms with E-state index in [9.17, 15) is 4.79 Å². The van der Waals surface area contributed by atoms with Gasteiger partial charge in [0.05, 0.1) is 0 Å². The minimum atomic E-state index is -0.416. The highest BCUT2D eigenvalue weighted by Gasteiger charge is 2.30. The number of piperidine rings is 1. The van der Waals surface area contributed by atoms with Crippen molar-refractivity contribution in [3.05, 3.63) is 0 Å². The number of likely N-dealkylation sites (tertiary alicyclic amines) is 1. The third-order valence-corrected chi connectivity index (χ3v) is 4.19. The van der Waals surface area contributed by atoms with Gasteiger partial charge in [-0.15, -0.1) is 0 Å². The molecule has 0 aliphatic carbocycles. The molecule has 0 bridgehead atoms. The number of nitrogens with one attached hydrogen (secondary N) is 2. The quantitative estimate of drug-likeness (QED) is 0.834. The first-order valence-corrected chi connectivity index (χ1v) is 8.39. The summed E-state index contributed by atoms with van der Waals surface area (Å²) in [7, 11) is 0. The molecular formula is C16H31N3O2. The van der Waals surface area contributed by atoms with Crippen LogP contribution in [-0.4, -0.2) is 54.9 Å². The number of rotatable bonds is 4. The molecule has 0 spiro atoms. The monoisotopic (exact) mass is 297 g/mol. The van der Waals surface area contributed by atoms with Crippen LogP contribution in [0.3, 0.4) is 0 Å². The highest BCUT2D eigenvalue weighted by molar-refractivity contribution is 5.68. The highest BCUT2D eigenvalue weighted by Crippen LogP contribution is 2.20. The molecule has 2 fully saturated rings. The summed E-state index contributed by atoms with van der Waals surface area (Å²) in [5.74, 6) is 0. The van der Waals surface area contributed by atoms with Crippen LogP contribution >= 0.6 is 0 Å². The zero-order valence-electron chi connectivity index (χ0n) is 13.8. The van der Waals surface area contributed by atoms with Gasteiger partial charge >= 0.3 is 6.09 Å². The lowest BCUT2D eigenvalue weighted by atomic mass is 10.0. The number of hydrogen-bond donors (Lipinski definition) is 2. The number of carbonyl (C=O) groups excluding carboxylic acids is 1. The smallest absolute Gasteiger partial charge is 0.410 e. The molecule has 0 saturated carbocycles. The lowest BCUT2D eigenvalue weighted by Gasteiger charge is -2.37. The van der Waals surface area contributed by atoms with Crippen LogP contribution in [0.25, 0.3) is 0 Å². The number of hydrogen-bond acceptors (Lipinski definition) is 4. The van der Waals surface area contributed by atoms with Gasteiger partial charge in [-0.25, -0.2) is 4.79 Å². The van der Waals surface area contributed by atoms with Crippen molar-refractivity contribution in [2.75, 3.05) is 26.2 Å². The molecule has 2 rings (SSSR count). The van der Waals surface area contributed by atoms with E-state index in [1.165, 1.54) is 19.3 Å². The fourth-order valence-electron chi connectivity index (χ4n) is 3.13. The van der Waals surface area contributed by atoms with Gasteiger partial charge in [-0.2, -0.15) is 0 Å². The molecule has 2 atom stereocenters. The summed E-state index contributed by atoms with van der Waals surface area (Å²) in [5.41, 5.74) is -0.416. The molecule has 2 aliphatic heterocycles. The van der Waals surface area contributed by atoms with Crippen LogP contribution < -0.4 is 10.6 Å². The maximum absolute atomic E-state index is 12.3. The van der Waals surface area contributed by atoms with Crippen molar-refractivity contribution in [1.29, 1.82) is 0 Å². The van der Waals surface area contributed by atoms with E-state index in [-0.39, 0.29) is 12.1 Å². The molecule has 2 saturated heterocycles. The third-order valence-electron chi connectivity index (χ3n) is 4.19. The first kappa shape index (κ1) is 16.6. The van der Waals surface area contributed by atoms with Crippen LogP contribution in [0.5, 0.6) is 0 Å². The highest BCUT2D eigenvalue weighted by atomic mass is 16.6. The van der Waals surface area contributed by atoms with Gasteiger partial charge in [0.25, 0.3) is 0 Å². The van der Waals surface area contributed by atoms with E-state index in [1.54, 1.807) is 0 Å². The van der Waals surface area contributed by atoms with Crippen LogP contribution in [0.15, 0.2) is 0 Å². The van der Waals surface area contributed by atoms with Crippen LogP contribution in [0.1, 0.15) is 52.9 Å². The standard InChI is InChI=1S/C16H31N3O2/c1-16(2,3)21-15(20)19-10-5-4-8-14(19)12-17-11-13-7-6-9-18-13/h13-14,17-18H,4-12H2,1-3H3. The predicted octanol–water partition coefficient (Wildman–Crippen LogP) is 2.12. The molecule has 5 nitrogen and oxygen atoms in total. The molecule has 0 aromatic carbocycles. The van der Waals surface area contributed by atoms with E-state index in [0.29, 0.717) is 6.04 Å². The first-order chi connectivity index (χ1) is 9.96. The molecule has 2 heterocycles. The van der Waals surface area contributed by atoms with Crippen molar-refractivity contribution in [3.8, 4) is 0 Å². The number of amides is 1. The molecule has 0 aromatic heterocycles. The Labute approximate surface area is 128 Å². The molecule has 1 amide bonds. The Hall–Kier alpha value is -0.810. The Balaban J connectivity index is 1.79. The van der Waals surface area contributed by atoms with Crippen LogP contribution in [0.2, 0.25) is 0 Å². The second-order valence-corrected chi connectivity index (χ2v) is 7.27. The summed E-state index contributed by atoms with van der Waals surface area (Å²) in [6.07, 6.45) is 5.73. The lowest BCUT2D eigenvalue weighted by Crippen LogP contribution is -2.51. The van der Waals surface area contributed by atoms with Crippen LogP contribution in [0.4, 0.5) is 4.79 Å². The van der Waals surface area contributed by atoms with Crippen molar-refractivity contribution in [1.82, 2.24) is 15.5 Å². The molecule has 21 heavy (non-hydrogen) atoms. The Morgan fingerprint density at radius 1 is 1.24 bits per heavy atom. The molecular weight excluding hydrogens is 266 g/mol. The Bertz CT molecular complexity index is 335. The van der Waals surface area contributed by atoms with Gasteiger partial charge in [0, 0.05) is 31.7 Å². The maximum atomic E-state index is 12.3. The molecule has 2 N–H and O–H groups in total. The number of carbonyl (C=O) groups is 1. The van der Waals surface area contributed by atoms with Crippen molar-refractivity contribution >= 4 is 6.09 Å². The average Bonchev–Trinajstić information content (AvgIpc) is 2.90. The Kier molecular flexibility index (Phi) is 5.88. The average molecular weight is 297 g/mol. The summed E-state index contributed by atoms with van der Waals surface area (Å²) in [5, 5.41) is 7.02.